The lowest BCUT2D eigenvalue weighted by atomic mass is 10.3. The molecule has 0 atom stereocenters. The van der Waals surface area contributed by atoms with Gasteiger partial charge in [-0.1, -0.05) is 11.6 Å². The molecule has 6 nitrogen and oxygen atoms in total. The van der Waals surface area contributed by atoms with Gasteiger partial charge in [0.05, 0.1) is 0 Å². The first-order valence-electron chi connectivity index (χ1n) is 7.19. The predicted octanol–water partition coefficient (Wildman–Crippen LogP) is 1.73. The molecule has 7 heteroatoms. The first kappa shape index (κ1) is 16.6. The number of methoxy groups -OCH3 is 1. The fourth-order valence-corrected chi connectivity index (χ4v) is 2.39. The van der Waals surface area contributed by atoms with Crippen LogP contribution in [0, 0.1) is 0 Å². The number of hydrogen-bond donors (Lipinski definition) is 1. The molecule has 1 aliphatic rings. The summed E-state index contributed by atoms with van der Waals surface area (Å²) < 4.78 is 4.91. The Morgan fingerprint density at radius 1 is 1.32 bits per heavy atom. The zero-order valence-electron chi connectivity index (χ0n) is 12.5. The molecule has 0 spiro atoms. The first-order chi connectivity index (χ1) is 10.6. The molecule has 0 aliphatic carbocycles. The second-order valence-electron chi connectivity index (χ2n) is 5.03. The molecule has 1 aliphatic heterocycles. The number of halogens is 1. The number of nitrogens with one attached hydrogen (secondary N) is 1. The Bertz CT molecular complexity index is 521. The lowest BCUT2D eigenvalue weighted by Crippen LogP contribution is -2.40. The van der Waals surface area contributed by atoms with Crippen molar-refractivity contribution >= 4 is 29.2 Å². The van der Waals surface area contributed by atoms with Crippen LogP contribution in [0.4, 0.5) is 10.5 Å². The van der Waals surface area contributed by atoms with Gasteiger partial charge >= 0.3 is 6.03 Å². The highest BCUT2D eigenvalue weighted by molar-refractivity contribution is 6.30. The predicted molar refractivity (Wildman–Crippen MR) is 85.3 cm³/mol. The van der Waals surface area contributed by atoms with Crippen LogP contribution in [0.25, 0.3) is 0 Å². The molecule has 2 rings (SSSR count). The van der Waals surface area contributed by atoms with Crippen molar-refractivity contribution in [3.63, 3.8) is 0 Å². The van der Waals surface area contributed by atoms with E-state index in [1.807, 2.05) is 0 Å². The van der Waals surface area contributed by atoms with E-state index in [-0.39, 0.29) is 18.5 Å². The van der Waals surface area contributed by atoms with E-state index in [1.165, 1.54) is 0 Å². The van der Waals surface area contributed by atoms with Gasteiger partial charge in [-0.05, 0) is 30.7 Å². The zero-order valence-corrected chi connectivity index (χ0v) is 13.3. The van der Waals surface area contributed by atoms with Crippen LogP contribution in [0.2, 0.25) is 5.02 Å². The third kappa shape index (κ3) is 4.35. The monoisotopic (exact) mass is 325 g/mol. The highest BCUT2D eigenvalue weighted by Crippen LogP contribution is 2.22. The normalized spacial score (nSPS) is 14.5. The summed E-state index contributed by atoms with van der Waals surface area (Å²) in [5.74, 6) is -0.151. The van der Waals surface area contributed by atoms with Gasteiger partial charge in [-0.3, -0.25) is 9.69 Å². The molecular weight excluding hydrogens is 306 g/mol. The molecule has 1 aromatic rings. The summed E-state index contributed by atoms with van der Waals surface area (Å²) >= 11 is 5.85. The standard InChI is InChI=1S/C15H20ClN3O3/c1-22-10-2-7-17-14(20)11-18-8-9-19(15(18)21)13-5-3-12(16)4-6-13/h3-6H,2,7-11H2,1H3,(H,17,20). The third-order valence-electron chi connectivity index (χ3n) is 3.42. The lowest BCUT2D eigenvalue weighted by molar-refractivity contribution is -0.121. The number of ether oxygens (including phenoxy) is 1. The minimum absolute atomic E-state index is 0.0793. The fraction of sp³-hybridized carbons (Fsp3) is 0.467. The number of nitrogens with zero attached hydrogens (tertiary/aromatic N) is 2. The summed E-state index contributed by atoms with van der Waals surface area (Å²) in [7, 11) is 1.62. The van der Waals surface area contributed by atoms with Gasteiger partial charge < -0.3 is 15.0 Å². The Morgan fingerprint density at radius 2 is 2.05 bits per heavy atom. The van der Waals surface area contributed by atoms with Gasteiger partial charge in [-0.2, -0.15) is 0 Å². The molecule has 0 saturated carbocycles. The molecule has 22 heavy (non-hydrogen) atoms. The molecule has 120 valence electrons. The number of hydrogen-bond acceptors (Lipinski definition) is 3. The molecule has 1 aromatic carbocycles. The van der Waals surface area contributed by atoms with E-state index in [1.54, 1.807) is 41.2 Å². The van der Waals surface area contributed by atoms with Gasteiger partial charge in [0.2, 0.25) is 5.91 Å². The highest BCUT2D eigenvalue weighted by Gasteiger charge is 2.30. The summed E-state index contributed by atoms with van der Waals surface area (Å²) in [6.45, 7) is 2.34. The number of rotatable bonds is 7. The van der Waals surface area contributed by atoms with Gasteiger partial charge in [0.1, 0.15) is 6.54 Å². The second kappa shape index (κ2) is 8.00. The topological polar surface area (TPSA) is 61.9 Å². The SMILES string of the molecule is COCCCNC(=O)CN1CCN(c2ccc(Cl)cc2)C1=O. The van der Waals surface area contributed by atoms with Crippen molar-refractivity contribution in [1.29, 1.82) is 0 Å². The quantitative estimate of drug-likeness (QED) is 0.777. The van der Waals surface area contributed by atoms with Crippen LogP contribution >= 0.6 is 11.6 Å². The molecular formula is C15H20ClN3O3. The Balaban J connectivity index is 1.83. The van der Waals surface area contributed by atoms with E-state index in [0.717, 1.165) is 12.1 Å². The average molecular weight is 326 g/mol. The lowest BCUT2D eigenvalue weighted by Gasteiger charge is -2.18. The highest BCUT2D eigenvalue weighted by atomic mass is 35.5. The maximum absolute atomic E-state index is 12.3. The third-order valence-corrected chi connectivity index (χ3v) is 3.67. The van der Waals surface area contributed by atoms with Crippen LogP contribution < -0.4 is 10.2 Å². The Labute approximate surface area is 135 Å². The fourth-order valence-electron chi connectivity index (χ4n) is 2.26. The largest absolute Gasteiger partial charge is 0.385 e. The Kier molecular flexibility index (Phi) is 6.03. The van der Waals surface area contributed by atoms with Crippen LogP contribution in [-0.2, 0) is 9.53 Å². The van der Waals surface area contributed by atoms with E-state index in [9.17, 15) is 9.59 Å². The minimum Gasteiger partial charge on any atom is -0.385 e. The molecule has 1 saturated heterocycles. The van der Waals surface area contributed by atoms with Crippen LogP contribution in [-0.4, -0.2) is 56.7 Å². The number of carbonyl (C=O) groups excluding carboxylic acids is 2. The maximum Gasteiger partial charge on any atom is 0.325 e. The molecule has 1 fully saturated rings. The van der Waals surface area contributed by atoms with Gasteiger partial charge in [0.15, 0.2) is 0 Å². The summed E-state index contributed by atoms with van der Waals surface area (Å²) in [5, 5.41) is 3.41. The van der Waals surface area contributed by atoms with Crippen molar-refractivity contribution in [2.24, 2.45) is 0 Å². The van der Waals surface area contributed by atoms with Gasteiger partial charge in [-0.25, -0.2) is 4.79 Å². The van der Waals surface area contributed by atoms with Crippen molar-refractivity contribution in [3.05, 3.63) is 29.3 Å². The summed E-state index contributed by atoms with van der Waals surface area (Å²) in [6.07, 6.45) is 0.757. The second-order valence-corrected chi connectivity index (χ2v) is 5.46. The van der Waals surface area contributed by atoms with E-state index < -0.39 is 0 Å². The molecule has 1 heterocycles. The van der Waals surface area contributed by atoms with Gasteiger partial charge in [0.25, 0.3) is 0 Å². The minimum atomic E-state index is -0.158. The number of anilines is 1. The van der Waals surface area contributed by atoms with E-state index in [0.29, 0.717) is 31.3 Å². The Hall–Kier alpha value is -1.79. The van der Waals surface area contributed by atoms with Crippen LogP contribution in [0.15, 0.2) is 24.3 Å². The van der Waals surface area contributed by atoms with Crippen LogP contribution in [0.1, 0.15) is 6.42 Å². The van der Waals surface area contributed by atoms with Crippen molar-refractivity contribution in [2.75, 3.05) is 44.8 Å². The molecule has 3 amide bonds. The smallest absolute Gasteiger partial charge is 0.325 e. The number of carbonyl (C=O) groups is 2. The zero-order chi connectivity index (χ0) is 15.9. The number of urea groups is 1. The van der Waals surface area contributed by atoms with E-state index in [2.05, 4.69) is 5.32 Å². The first-order valence-corrected chi connectivity index (χ1v) is 7.57. The molecule has 0 bridgehead atoms. The average Bonchev–Trinajstić information content (AvgIpc) is 2.86. The maximum atomic E-state index is 12.3. The van der Waals surface area contributed by atoms with Gasteiger partial charge in [-0.15, -0.1) is 0 Å². The van der Waals surface area contributed by atoms with E-state index >= 15 is 0 Å². The van der Waals surface area contributed by atoms with Crippen molar-refractivity contribution < 1.29 is 14.3 Å². The van der Waals surface area contributed by atoms with Crippen molar-refractivity contribution in [3.8, 4) is 0 Å². The molecule has 0 aromatic heterocycles. The molecule has 0 unspecified atom stereocenters. The van der Waals surface area contributed by atoms with Crippen molar-refractivity contribution in [2.45, 2.75) is 6.42 Å². The Morgan fingerprint density at radius 3 is 2.73 bits per heavy atom. The molecule has 1 N–H and O–H groups in total. The molecule has 0 radical (unpaired) electrons. The summed E-state index contributed by atoms with van der Waals surface area (Å²) in [5.41, 5.74) is 0.789. The number of benzene rings is 1. The van der Waals surface area contributed by atoms with Crippen LogP contribution in [0.3, 0.4) is 0 Å². The van der Waals surface area contributed by atoms with Gasteiger partial charge in [0, 0.05) is 44.1 Å². The number of amides is 3. The summed E-state index contributed by atoms with van der Waals surface area (Å²) in [6, 6.07) is 6.93. The van der Waals surface area contributed by atoms with Crippen molar-refractivity contribution in [1.82, 2.24) is 10.2 Å². The summed E-state index contributed by atoms with van der Waals surface area (Å²) in [4.78, 5) is 27.3. The van der Waals surface area contributed by atoms with Crippen LogP contribution in [0.5, 0.6) is 0 Å². The van der Waals surface area contributed by atoms with E-state index in [4.69, 9.17) is 16.3 Å².